The zero-order chi connectivity index (χ0) is 14.7. The Kier molecular flexibility index (Phi) is 5.50. The lowest BCUT2D eigenvalue weighted by Crippen LogP contribution is -2.40. The SMILES string of the molecule is CCCC1CCC(NC)C(Cc2c(Cl)c(C)nn2C)C1. The van der Waals surface area contributed by atoms with Crippen LogP contribution in [0.1, 0.15) is 50.4 Å². The maximum atomic E-state index is 6.42. The van der Waals surface area contributed by atoms with Gasteiger partial charge in [-0.3, -0.25) is 4.68 Å². The van der Waals surface area contributed by atoms with Gasteiger partial charge in [0.1, 0.15) is 0 Å². The molecule has 1 N–H and O–H groups in total. The van der Waals surface area contributed by atoms with Crippen LogP contribution in [0.4, 0.5) is 0 Å². The molecule has 1 saturated carbocycles. The van der Waals surface area contributed by atoms with Gasteiger partial charge in [0.15, 0.2) is 0 Å². The van der Waals surface area contributed by atoms with Crippen molar-refractivity contribution in [3.63, 3.8) is 0 Å². The summed E-state index contributed by atoms with van der Waals surface area (Å²) in [5.41, 5.74) is 2.15. The molecule has 0 saturated heterocycles. The monoisotopic (exact) mass is 297 g/mol. The van der Waals surface area contributed by atoms with Crippen molar-refractivity contribution in [3.05, 3.63) is 16.4 Å². The van der Waals surface area contributed by atoms with Crippen molar-refractivity contribution in [3.8, 4) is 0 Å². The van der Waals surface area contributed by atoms with Gasteiger partial charge in [-0.05, 0) is 51.5 Å². The van der Waals surface area contributed by atoms with Crippen LogP contribution < -0.4 is 5.32 Å². The highest BCUT2D eigenvalue weighted by Gasteiger charge is 2.30. The molecular weight excluding hydrogens is 270 g/mol. The highest BCUT2D eigenvalue weighted by atomic mass is 35.5. The van der Waals surface area contributed by atoms with Gasteiger partial charge in [-0.15, -0.1) is 0 Å². The molecule has 3 unspecified atom stereocenters. The zero-order valence-electron chi connectivity index (χ0n) is 13.2. The van der Waals surface area contributed by atoms with Gasteiger partial charge in [0.25, 0.3) is 0 Å². The molecule has 2 rings (SSSR count). The lowest BCUT2D eigenvalue weighted by Gasteiger charge is -2.36. The Morgan fingerprint density at radius 1 is 1.40 bits per heavy atom. The molecule has 0 bridgehead atoms. The van der Waals surface area contributed by atoms with E-state index in [2.05, 4.69) is 24.4 Å². The Morgan fingerprint density at radius 3 is 2.70 bits per heavy atom. The van der Waals surface area contributed by atoms with E-state index in [-0.39, 0.29) is 0 Å². The second-order valence-electron chi connectivity index (χ2n) is 6.30. The summed E-state index contributed by atoms with van der Waals surface area (Å²) in [6, 6.07) is 0.620. The Bertz CT molecular complexity index is 441. The van der Waals surface area contributed by atoms with E-state index in [1.807, 2.05) is 18.7 Å². The van der Waals surface area contributed by atoms with Crippen LogP contribution in [0.2, 0.25) is 5.02 Å². The molecular formula is C16H28ClN3. The number of hydrogen-bond donors (Lipinski definition) is 1. The third kappa shape index (κ3) is 3.37. The van der Waals surface area contributed by atoms with Gasteiger partial charge >= 0.3 is 0 Å². The first-order valence-corrected chi connectivity index (χ1v) is 8.29. The number of aromatic nitrogens is 2. The summed E-state index contributed by atoms with van der Waals surface area (Å²) in [5.74, 6) is 1.57. The van der Waals surface area contributed by atoms with E-state index in [4.69, 9.17) is 11.6 Å². The highest BCUT2D eigenvalue weighted by Crippen LogP contribution is 2.35. The predicted octanol–water partition coefficient (Wildman–Crippen LogP) is 3.73. The minimum atomic E-state index is 0.620. The fraction of sp³-hybridized carbons (Fsp3) is 0.812. The van der Waals surface area contributed by atoms with Gasteiger partial charge in [-0.2, -0.15) is 5.10 Å². The van der Waals surface area contributed by atoms with E-state index in [1.54, 1.807) is 0 Å². The molecule has 1 aromatic heterocycles. The molecule has 4 heteroatoms. The number of hydrogen-bond acceptors (Lipinski definition) is 2. The molecule has 3 atom stereocenters. The quantitative estimate of drug-likeness (QED) is 0.897. The van der Waals surface area contributed by atoms with E-state index < -0.39 is 0 Å². The molecule has 0 aromatic carbocycles. The molecule has 0 aliphatic heterocycles. The average molecular weight is 298 g/mol. The molecule has 3 nitrogen and oxygen atoms in total. The van der Waals surface area contributed by atoms with Crippen molar-refractivity contribution in [1.82, 2.24) is 15.1 Å². The molecule has 1 fully saturated rings. The van der Waals surface area contributed by atoms with Gasteiger partial charge < -0.3 is 5.32 Å². The maximum Gasteiger partial charge on any atom is 0.0847 e. The van der Waals surface area contributed by atoms with Crippen LogP contribution in [0.25, 0.3) is 0 Å². The third-order valence-electron chi connectivity index (χ3n) is 4.88. The molecule has 0 amide bonds. The molecule has 0 spiro atoms. The first kappa shape index (κ1) is 15.8. The fourth-order valence-electron chi connectivity index (χ4n) is 3.79. The van der Waals surface area contributed by atoms with Crippen molar-refractivity contribution < 1.29 is 0 Å². The average Bonchev–Trinajstić information content (AvgIpc) is 2.66. The Balaban J connectivity index is 2.11. The molecule has 0 radical (unpaired) electrons. The summed E-state index contributed by atoms with van der Waals surface area (Å²) in [6.07, 6.45) is 7.69. The topological polar surface area (TPSA) is 29.9 Å². The summed E-state index contributed by atoms with van der Waals surface area (Å²) in [4.78, 5) is 0. The van der Waals surface area contributed by atoms with Crippen LogP contribution >= 0.6 is 11.6 Å². The normalized spacial score (nSPS) is 26.9. The summed E-state index contributed by atoms with van der Waals surface area (Å²) in [7, 11) is 4.10. The maximum absolute atomic E-state index is 6.42. The summed E-state index contributed by atoms with van der Waals surface area (Å²) in [5, 5.41) is 8.82. The van der Waals surface area contributed by atoms with E-state index in [9.17, 15) is 0 Å². The van der Waals surface area contributed by atoms with Crippen LogP contribution in [-0.4, -0.2) is 22.9 Å². The molecule has 1 aromatic rings. The fourth-order valence-corrected chi connectivity index (χ4v) is 4.02. The summed E-state index contributed by atoms with van der Waals surface area (Å²) < 4.78 is 1.97. The third-order valence-corrected chi connectivity index (χ3v) is 5.37. The highest BCUT2D eigenvalue weighted by molar-refractivity contribution is 6.31. The largest absolute Gasteiger partial charge is 0.317 e. The van der Waals surface area contributed by atoms with Gasteiger partial charge in [-0.25, -0.2) is 0 Å². The first-order valence-electron chi connectivity index (χ1n) is 7.92. The van der Waals surface area contributed by atoms with Crippen molar-refractivity contribution in [2.75, 3.05) is 7.05 Å². The molecule has 1 heterocycles. The Hall–Kier alpha value is -0.540. The first-order chi connectivity index (χ1) is 9.56. The van der Waals surface area contributed by atoms with E-state index >= 15 is 0 Å². The predicted molar refractivity (Wildman–Crippen MR) is 85.2 cm³/mol. The van der Waals surface area contributed by atoms with Crippen molar-refractivity contribution in [2.24, 2.45) is 18.9 Å². The minimum absolute atomic E-state index is 0.620. The lowest BCUT2D eigenvalue weighted by molar-refractivity contribution is 0.198. The van der Waals surface area contributed by atoms with Gasteiger partial charge in [0.05, 0.1) is 16.4 Å². The van der Waals surface area contributed by atoms with Crippen molar-refractivity contribution >= 4 is 11.6 Å². The second kappa shape index (κ2) is 6.95. The Labute approximate surface area is 128 Å². The van der Waals surface area contributed by atoms with E-state index in [0.717, 1.165) is 23.1 Å². The van der Waals surface area contributed by atoms with Crippen molar-refractivity contribution in [1.29, 1.82) is 0 Å². The van der Waals surface area contributed by atoms with E-state index in [1.165, 1.54) is 37.8 Å². The van der Waals surface area contributed by atoms with Gasteiger partial charge in [-0.1, -0.05) is 31.4 Å². The van der Waals surface area contributed by atoms with Gasteiger partial charge in [0.2, 0.25) is 0 Å². The molecule has 20 heavy (non-hydrogen) atoms. The second-order valence-corrected chi connectivity index (χ2v) is 6.67. The van der Waals surface area contributed by atoms with Crippen LogP contribution in [0.5, 0.6) is 0 Å². The van der Waals surface area contributed by atoms with Crippen LogP contribution in [0, 0.1) is 18.8 Å². The smallest absolute Gasteiger partial charge is 0.0847 e. The standard InChI is InChI=1S/C16H28ClN3/c1-5-6-12-7-8-14(18-3)13(9-12)10-15-16(17)11(2)19-20(15)4/h12-14,18H,5-10H2,1-4H3. The number of rotatable bonds is 5. The molecule has 1 aliphatic carbocycles. The molecule has 114 valence electrons. The minimum Gasteiger partial charge on any atom is -0.317 e. The van der Waals surface area contributed by atoms with Crippen LogP contribution in [0.15, 0.2) is 0 Å². The number of halogens is 1. The number of nitrogens with zero attached hydrogens (tertiary/aromatic N) is 2. The summed E-state index contributed by atoms with van der Waals surface area (Å²) in [6.45, 7) is 4.28. The Morgan fingerprint density at radius 2 is 2.15 bits per heavy atom. The lowest BCUT2D eigenvalue weighted by atomic mass is 9.74. The van der Waals surface area contributed by atoms with Crippen LogP contribution in [-0.2, 0) is 13.5 Å². The van der Waals surface area contributed by atoms with Crippen molar-refractivity contribution in [2.45, 2.75) is 58.4 Å². The van der Waals surface area contributed by atoms with Gasteiger partial charge in [0, 0.05) is 13.1 Å². The molecule has 1 aliphatic rings. The number of aryl methyl sites for hydroxylation is 2. The van der Waals surface area contributed by atoms with E-state index in [0.29, 0.717) is 12.0 Å². The summed E-state index contributed by atoms with van der Waals surface area (Å²) >= 11 is 6.42. The number of nitrogens with one attached hydrogen (secondary N) is 1. The van der Waals surface area contributed by atoms with Crippen LogP contribution in [0.3, 0.4) is 0 Å². The zero-order valence-corrected chi connectivity index (χ0v) is 14.0.